The van der Waals surface area contributed by atoms with Gasteiger partial charge in [0, 0.05) is 17.3 Å². The highest BCUT2D eigenvalue weighted by Crippen LogP contribution is 2.34. The average Bonchev–Trinajstić information content (AvgIpc) is 2.31. The molecule has 0 fully saturated rings. The molecule has 0 amide bonds. The lowest BCUT2D eigenvalue weighted by atomic mass is 9.99. The number of alkyl halides is 1. The minimum absolute atomic E-state index is 0.0208. The molecular formula is C12H15Br2NO3. The van der Waals surface area contributed by atoms with E-state index in [4.69, 9.17) is 4.74 Å². The van der Waals surface area contributed by atoms with Crippen molar-refractivity contribution in [3.05, 3.63) is 32.8 Å². The maximum atomic E-state index is 10.8. The Morgan fingerprint density at radius 3 is 2.61 bits per heavy atom. The first-order valence-electron chi connectivity index (χ1n) is 5.59. The van der Waals surface area contributed by atoms with Gasteiger partial charge in [-0.05, 0) is 27.9 Å². The number of benzene rings is 1. The summed E-state index contributed by atoms with van der Waals surface area (Å²) in [5.74, 6) is 1.37. The fourth-order valence-electron chi connectivity index (χ4n) is 1.36. The van der Waals surface area contributed by atoms with Crippen molar-refractivity contribution in [2.24, 2.45) is 11.8 Å². The van der Waals surface area contributed by atoms with Gasteiger partial charge in [0.2, 0.25) is 0 Å². The number of nitro benzene ring substituents is 1. The van der Waals surface area contributed by atoms with Gasteiger partial charge < -0.3 is 4.74 Å². The molecule has 100 valence electrons. The van der Waals surface area contributed by atoms with E-state index in [0.29, 0.717) is 28.7 Å². The number of nitro groups is 1. The van der Waals surface area contributed by atoms with Crippen LogP contribution in [0.4, 0.5) is 5.69 Å². The molecule has 0 aliphatic rings. The smallest absolute Gasteiger partial charge is 0.287 e. The molecule has 18 heavy (non-hydrogen) atoms. The van der Waals surface area contributed by atoms with Crippen LogP contribution in [0.2, 0.25) is 0 Å². The summed E-state index contributed by atoms with van der Waals surface area (Å²) in [4.78, 5) is 10.4. The summed E-state index contributed by atoms with van der Waals surface area (Å²) in [6.45, 7) is 4.78. The summed E-state index contributed by atoms with van der Waals surface area (Å²) < 4.78 is 6.06. The second-order valence-corrected chi connectivity index (χ2v) is 5.76. The Bertz CT molecular complexity index is 424. The van der Waals surface area contributed by atoms with Gasteiger partial charge in [0.1, 0.15) is 10.2 Å². The molecule has 1 unspecified atom stereocenters. The van der Waals surface area contributed by atoms with Crippen LogP contribution in [0.5, 0.6) is 5.75 Å². The third kappa shape index (κ3) is 3.95. The first-order valence-corrected chi connectivity index (χ1v) is 7.50. The lowest BCUT2D eigenvalue weighted by Gasteiger charge is -2.19. The van der Waals surface area contributed by atoms with E-state index in [2.05, 4.69) is 45.7 Å². The number of rotatable bonds is 6. The molecule has 1 atom stereocenters. The van der Waals surface area contributed by atoms with Crippen LogP contribution in [-0.4, -0.2) is 16.9 Å². The molecule has 0 saturated heterocycles. The predicted octanol–water partition coefficient (Wildman–Crippen LogP) is 4.40. The molecule has 0 bridgehead atoms. The van der Waals surface area contributed by atoms with E-state index in [-0.39, 0.29) is 5.69 Å². The highest BCUT2D eigenvalue weighted by Gasteiger charge is 2.18. The summed E-state index contributed by atoms with van der Waals surface area (Å²) >= 11 is 6.66. The van der Waals surface area contributed by atoms with Crippen LogP contribution in [0, 0.1) is 22.0 Å². The summed E-state index contributed by atoms with van der Waals surface area (Å²) in [6, 6.07) is 4.79. The van der Waals surface area contributed by atoms with Gasteiger partial charge in [-0.2, -0.15) is 0 Å². The van der Waals surface area contributed by atoms with Crippen LogP contribution in [0.25, 0.3) is 0 Å². The predicted molar refractivity (Wildman–Crippen MR) is 78.4 cm³/mol. The van der Waals surface area contributed by atoms with Gasteiger partial charge in [-0.15, -0.1) is 0 Å². The van der Waals surface area contributed by atoms with E-state index >= 15 is 0 Å². The summed E-state index contributed by atoms with van der Waals surface area (Å²) in [6.07, 6.45) is 0. The highest BCUT2D eigenvalue weighted by molar-refractivity contribution is 9.10. The van der Waals surface area contributed by atoms with Crippen molar-refractivity contribution < 1.29 is 9.66 Å². The van der Waals surface area contributed by atoms with E-state index in [0.717, 1.165) is 5.33 Å². The topological polar surface area (TPSA) is 52.4 Å². The molecule has 0 radical (unpaired) electrons. The highest BCUT2D eigenvalue weighted by atomic mass is 79.9. The zero-order chi connectivity index (χ0) is 13.7. The van der Waals surface area contributed by atoms with Gasteiger partial charge in [0.25, 0.3) is 5.69 Å². The standard InChI is InChI=1S/C12H15Br2NO3/c1-8(2)9(6-13)7-18-11-5-3-4-10(12(11)14)15(16)17/h3-5,8-9H,6-7H2,1-2H3. The Labute approximate surface area is 123 Å². The molecule has 1 aromatic carbocycles. The third-order valence-corrected chi connectivity index (χ3v) is 4.36. The van der Waals surface area contributed by atoms with E-state index in [9.17, 15) is 10.1 Å². The molecule has 6 heteroatoms. The molecule has 0 N–H and O–H groups in total. The molecular weight excluding hydrogens is 366 g/mol. The fraction of sp³-hybridized carbons (Fsp3) is 0.500. The summed E-state index contributed by atoms with van der Waals surface area (Å²) in [7, 11) is 0. The van der Waals surface area contributed by atoms with Crippen molar-refractivity contribution in [1.29, 1.82) is 0 Å². The molecule has 0 saturated carbocycles. The lowest BCUT2D eigenvalue weighted by molar-refractivity contribution is -0.385. The average molecular weight is 381 g/mol. The second kappa shape index (κ2) is 7.09. The van der Waals surface area contributed by atoms with Crippen LogP contribution < -0.4 is 4.74 Å². The van der Waals surface area contributed by atoms with Crippen LogP contribution in [0.15, 0.2) is 22.7 Å². The lowest BCUT2D eigenvalue weighted by Crippen LogP contribution is -2.19. The zero-order valence-corrected chi connectivity index (χ0v) is 13.4. The Morgan fingerprint density at radius 2 is 2.11 bits per heavy atom. The largest absolute Gasteiger partial charge is 0.492 e. The van der Waals surface area contributed by atoms with Gasteiger partial charge in [0.05, 0.1) is 11.5 Å². The Kier molecular flexibility index (Phi) is 6.08. The molecule has 0 spiro atoms. The van der Waals surface area contributed by atoms with E-state index in [1.54, 1.807) is 12.1 Å². The number of hydrogen-bond donors (Lipinski definition) is 0. The monoisotopic (exact) mass is 379 g/mol. The Hall–Kier alpha value is -0.620. The number of nitrogens with zero attached hydrogens (tertiary/aromatic N) is 1. The zero-order valence-electron chi connectivity index (χ0n) is 10.2. The molecule has 0 aliphatic carbocycles. The summed E-state index contributed by atoms with van der Waals surface area (Å²) in [5.41, 5.74) is 0.0208. The van der Waals surface area contributed by atoms with Gasteiger partial charge in [0.15, 0.2) is 0 Å². The molecule has 0 aromatic heterocycles. The second-order valence-electron chi connectivity index (χ2n) is 4.32. The third-order valence-electron chi connectivity index (χ3n) is 2.73. The number of halogens is 2. The molecule has 0 heterocycles. The molecule has 0 aliphatic heterocycles. The molecule has 1 aromatic rings. The van der Waals surface area contributed by atoms with Crippen LogP contribution in [-0.2, 0) is 0 Å². The van der Waals surface area contributed by atoms with Gasteiger partial charge in [-0.1, -0.05) is 35.8 Å². The number of ether oxygens (including phenoxy) is 1. The van der Waals surface area contributed by atoms with Gasteiger partial charge in [-0.25, -0.2) is 0 Å². The maximum Gasteiger partial charge on any atom is 0.287 e. The minimum Gasteiger partial charge on any atom is -0.492 e. The first-order chi connectivity index (χ1) is 8.47. The van der Waals surface area contributed by atoms with Crippen LogP contribution >= 0.6 is 31.9 Å². The Balaban J connectivity index is 2.79. The minimum atomic E-state index is -0.429. The van der Waals surface area contributed by atoms with Crippen molar-refractivity contribution in [3.63, 3.8) is 0 Å². The van der Waals surface area contributed by atoms with Crippen LogP contribution in [0.1, 0.15) is 13.8 Å². The molecule has 1 rings (SSSR count). The summed E-state index contributed by atoms with van der Waals surface area (Å²) in [5, 5.41) is 11.6. The molecule has 4 nitrogen and oxygen atoms in total. The van der Waals surface area contributed by atoms with Crippen LogP contribution in [0.3, 0.4) is 0 Å². The normalized spacial score (nSPS) is 12.5. The maximum absolute atomic E-state index is 10.8. The van der Waals surface area contributed by atoms with Crippen molar-refractivity contribution >= 4 is 37.5 Å². The van der Waals surface area contributed by atoms with Crippen molar-refractivity contribution in [3.8, 4) is 5.75 Å². The van der Waals surface area contributed by atoms with Gasteiger partial charge >= 0.3 is 0 Å². The quantitative estimate of drug-likeness (QED) is 0.417. The van der Waals surface area contributed by atoms with Crippen molar-refractivity contribution in [2.75, 3.05) is 11.9 Å². The SMILES string of the molecule is CC(C)C(CBr)COc1cccc([N+](=O)[O-])c1Br. The van der Waals surface area contributed by atoms with E-state index < -0.39 is 4.92 Å². The van der Waals surface area contributed by atoms with Gasteiger partial charge in [-0.3, -0.25) is 10.1 Å². The number of hydrogen-bond acceptors (Lipinski definition) is 3. The van der Waals surface area contributed by atoms with Crippen molar-refractivity contribution in [1.82, 2.24) is 0 Å². The fourth-order valence-corrected chi connectivity index (χ4v) is 2.82. The van der Waals surface area contributed by atoms with Crippen molar-refractivity contribution in [2.45, 2.75) is 13.8 Å². The van der Waals surface area contributed by atoms with E-state index in [1.807, 2.05) is 0 Å². The Morgan fingerprint density at radius 1 is 1.44 bits per heavy atom. The first kappa shape index (κ1) is 15.4. The van der Waals surface area contributed by atoms with E-state index in [1.165, 1.54) is 6.07 Å².